The van der Waals surface area contributed by atoms with Gasteiger partial charge in [-0.05, 0) is 32.9 Å². The first-order chi connectivity index (χ1) is 7.08. The Kier molecular flexibility index (Phi) is 3.67. The summed E-state index contributed by atoms with van der Waals surface area (Å²) in [5, 5.41) is 0. The zero-order valence-electron chi connectivity index (χ0n) is 9.58. The van der Waals surface area contributed by atoms with E-state index in [0.29, 0.717) is 0 Å². The summed E-state index contributed by atoms with van der Waals surface area (Å²) in [5.74, 6) is 0.811. The highest BCUT2D eigenvalue weighted by molar-refractivity contribution is 5.62. The Labute approximate surface area is 91.3 Å². The largest absolute Gasteiger partial charge is 0.489 e. The van der Waals surface area contributed by atoms with Gasteiger partial charge in [0.1, 0.15) is 5.75 Å². The predicted molar refractivity (Wildman–Crippen MR) is 64.9 cm³/mol. The highest BCUT2D eigenvalue weighted by Crippen LogP contribution is 2.22. The predicted octanol–water partition coefficient (Wildman–Crippen LogP) is 3.46. The summed E-state index contributed by atoms with van der Waals surface area (Å²) >= 11 is 0. The summed E-state index contributed by atoms with van der Waals surface area (Å²) in [6.07, 6.45) is 3.64. The molecule has 0 radical (unpaired) electrons. The molecule has 0 spiro atoms. The number of rotatable bonds is 4. The van der Waals surface area contributed by atoms with Crippen molar-refractivity contribution >= 4 is 12.2 Å². The van der Waals surface area contributed by atoms with Crippen LogP contribution < -0.4 is 4.74 Å². The van der Waals surface area contributed by atoms with Crippen LogP contribution >= 0.6 is 0 Å². The number of hydrogen-bond donors (Lipinski definition) is 0. The Hall–Kier alpha value is -1.57. The highest BCUT2D eigenvalue weighted by atomic mass is 16.5. The molecule has 0 aliphatic heterocycles. The molecular weight excluding hydrogens is 186 g/mol. The minimum atomic E-state index is 0.151. The third kappa shape index (κ3) is 2.69. The highest BCUT2D eigenvalue weighted by Gasteiger charge is 2.07. The van der Waals surface area contributed by atoms with Gasteiger partial charge in [0.25, 0.3) is 0 Å². The molecule has 0 aromatic carbocycles. The Morgan fingerprint density at radius 3 is 2.47 bits per heavy atom. The van der Waals surface area contributed by atoms with E-state index in [0.717, 1.165) is 22.7 Å². The second-order valence-electron chi connectivity index (χ2n) is 3.62. The van der Waals surface area contributed by atoms with Crippen molar-refractivity contribution in [2.24, 2.45) is 0 Å². The first kappa shape index (κ1) is 11.5. The van der Waals surface area contributed by atoms with E-state index in [1.54, 1.807) is 12.2 Å². The number of aryl methyl sites for hydroxylation is 1. The van der Waals surface area contributed by atoms with Crippen LogP contribution in [-0.4, -0.2) is 11.1 Å². The summed E-state index contributed by atoms with van der Waals surface area (Å²) in [6, 6.07) is 1.95. The van der Waals surface area contributed by atoms with Crippen LogP contribution in [0, 0.1) is 6.92 Å². The normalized spacial score (nSPS) is 10.1. The smallest absolute Gasteiger partial charge is 0.141 e. The lowest BCUT2D eigenvalue weighted by molar-refractivity contribution is 0.239. The molecule has 0 N–H and O–H groups in total. The summed E-state index contributed by atoms with van der Waals surface area (Å²) in [7, 11) is 0. The van der Waals surface area contributed by atoms with Crippen molar-refractivity contribution < 1.29 is 4.74 Å². The van der Waals surface area contributed by atoms with Gasteiger partial charge in [-0.2, -0.15) is 0 Å². The maximum Gasteiger partial charge on any atom is 0.141 e. The lowest BCUT2D eigenvalue weighted by Gasteiger charge is -2.13. The molecule has 1 heterocycles. The van der Waals surface area contributed by atoms with Crippen LogP contribution in [0.4, 0.5) is 0 Å². The molecule has 0 aliphatic rings. The zero-order valence-corrected chi connectivity index (χ0v) is 9.58. The molecule has 1 aromatic heterocycles. The van der Waals surface area contributed by atoms with Crippen LogP contribution in [0.2, 0.25) is 0 Å². The van der Waals surface area contributed by atoms with Gasteiger partial charge < -0.3 is 4.74 Å². The molecule has 15 heavy (non-hydrogen) atoms. The van der Waals surface area contributed by atoms with Crippen molar-refractivity contribution in [1.82, 2.24) is 4.98 Å². The fourth-order valence-electron chi connectivity index (χ4n) is 1.32. The quantitative estimate of drug-likeness (QED) is 0.747. The summed E-state index contributed by atoms with van der Waals surface area (Å²) in [6.45, 7) is 13.4. The fraction of sp³-hybridized carbons (Fsp3) is 0.308. The van der Waals surface area contributed by atoms with Crippen LogP contribution in [-0.2, 0) is 0 Å². The number of hydrogen-bond acceptors (Lipinski definition) is 2. The van der Waals surface area contributed by atoms with Crippen LogP contribution in [0.3, 0.4) is 0 Å². The van der Waals surface area contributed by atoms with Crippen molar-refractivity contribution in [3.63, 3.8) is 0 Å². The third-order valence-electron chi connectivity index (χ3n) is 2.00. The molecule has 0 amide bonds. The Morgan fingerprint density at radius 2 is 2.00 bits per heavy atom. The third-order valence-corrected chi connectivity index (χ3v) is 2.00. The van der Waals surface area contributed by atoms with Crippen LogP contribution in [0.1, 0.15) is 30.8 Å². The maximum absolute atomic E-state index is 5.64. The molecule has 0 aliphatic carbocycles. The minimum absolute atomic E-state index is 0.151. The molecule has 0 fully saturated rings. The summed E-state index contributed by atoms with van der Waals surface area (Å²) in [5.41, 5.74) is 2.68. The van der Waals surface area contributed by atoms with E-state index in [9.17, 15) is 0 Å². The molecule has 0 unspecified atom stereocenters. The van der Waals surface area contributed by atoms with E-state index in [1.165, 1.54) is 0 Å². The number of nitrogens with zero attached hydrogens (tertiary/aromatic N) is 1. The Bertz CT molecular complexity index is 380. The van der Waals surface area contributed by atoms with E-state index < -0.39 is 0 Å². The molecule has 1 rings (SSSR count). The van der Waals surface area contributed by atoms with Gasteiger partial charge in [-0.3, -0.25) is 0 Å². The second-order valence-corrected chi connectivity index (χ2v) is 3.62. The van der Waals surface area contributed by atoms with Gasteiger partial charge in [0, 0.05) is 5.56 Å². The molecule has 0 saturated heterocycles. The van der Waals surface area contributed by atoms with Gasteiger partial charge in [-0.25, -0.2) is 4.98 Å². The zero-order chi connectivity index (χ0) is 11.4. The lowest BCUT2D eigenvalue weighted by atomic mass is 10.1. The first-order valence-corrected chi connectivity index (χ1v) is 5.01. The average Bonchev–Trinajstić information content (AvgIpc) is 2.19. The monoisotopic (exact) mass is 203 g/mol. The van der Waals surface area contributed by atoms with E-state index in [4.69, 9.17) is 4.74 Å². The Morgan fingerprint density at radius 1 is 1.33 bits per heavy atom. The van der Waals surface area contributed by atoms with E-state index in [-0.39, 0.29) is 6.10 Å². The molecule has 0 saturated carbocycles. The number of pyridine rings is 1. The van der Waals surface area contributed by atoms with E-state index in [2.05, 4.69) is 18.1 Å². The molecule has 80 valence electrons. The van der Waals surface area contributed by atoms with E-state index in [1.807, 2.05) is 26.8 Å². The first-order valence-electron chi connectivity index (χ1n) is 5.01. The number of aromatic nitrogens is 1. The average molecular weight is 203 g/mol. The van der Waals surface area contributed by atoms with Crippen molar-refractivity contribution in [3.8, 4) is 5.75 Å². The number of ether oxygens (including phenoxy) is 1. The van der Waals surface area contributed by atoms with Gasteiger partial charge >= 0.3 is 0 Å². The van der Waals surface area contributed by atoms with Crippen LogP contribution in [0.25, 0.3) is 12.2 Å². The molecule has 0 bridgehead atoms. The maximum atomic E-state index is 5.64. The van der Waals surface area contributed by atoms with Crippen LogP contribution in [0.5, 0.6) is 5.75 Å². The van der Waals surface area contributed by atoms with E-state index >= 15 is 0 Å². The van der Waals surface area contributed by atoms with Crippen molar-refractivity contribution in [2.75, 3.05) is 0 Å². The van der Waals surface area contributed by atoms with Gasteiger partial charge in [-0.1, -0.05) is 19.2 Å². The van der Waals surface area contributed by atoms with Gasteiger partial charge in [0.05, 0.1) is 17.5 Å². The molecule has 1 aromatic rings. The van der Waals surface area contributed by atoms with Crippen molar-refractivity contribution in [1.29, 1.82) is 0 Å². The molecular formula is C13H17NO. The van der Waals surface area contributed by atoms with Crippen molar-refractivity contribution in [2.45, 2.75) is 26.9 Å². The minimum Gasteiger partial charge on any atom is -0.489 e. The summed E-state index contributed by atoms with van der Waals surface area (Å²) < 4.78 is 5.64. The SMILES string of the molecule is C=Cc1cc(OC(C)C)c(C)nc1C=C. The second kappa shape index (κ2) is 4.78. The van der Waals surface area contributed by atoms with Crippen molar-refractivity contribution in [3.05, 3.63) is 36.2 Å². The van der Waals surface area contributed by atoms with Gasteiger partial charge in [-0.15, -0.1) is 0 Å². The van der Waals surface area contributed by atoms with Crippen LogP contribution in [0.15, 0.2) is 19.2 Å². The topological polar surface area (TPSA) is 22.1 Å². The lowest BCUT2D eigenvalue weighted by Crippen LogP contribution is -2.08. The molecule has 2 heteroatoms. The Balaban J connectivity index is 3.19. The fourth-order valence-corrected chi connectivity index (χ4v) is 1.32. The molecule has 2 nitrogen and oxygen atoms in total. The summed E-state index contributed by atoms with van der Waals surface area (Å²) in [4.78, 5) is 4.40. The van der Waals surface area contributed by atoms with Gasteiger partial charge in [0.2, 0.25) is 0 Å². The van der Waals surface area contributed by atoms with Gasteiger partial charge in [0.15, 0.2) is 0 Å². The standard InChI is InChI=1S/C13H17NO/c1-6-11-8-13(15-9(3)4)10(5)14-12(11)7-2/h6-9H,1-2H2,3-5H3. The molecule has 0 atom stereocenters.